The van der Waals surface area contributed by atoms with E-state index in [-0.39, 0.29) is 6.04 Å². The molecule has 1 unspecified atom stereocenters. The topological polar surface area (TPSA) is 61.8 Å². The standard InChI is InChI=1S/C6H13N3/c1-6(2-3-7)9-5-4-8/h6,9H,2,4-5,8H2,1H3. The Kier molecular flexibility index (Phi) is 5.18. The van der Waals surface area contributed by atoms with Crippen molar-refractivity contribution in [1.82, 2.24) is 5.32 Å². The van der Waals surface area contributed by atoms with Gasteiger partial charge in [0.15, 0.2) is 0 Å². The van der Waals surface area contributed by atoms with Crippen molar-refractivity contribution in [2.45, 2.75) is 19.4 Å². The van der Waals surface area contributed by atoms with Crippen molar-refractivity contribution in [2.24, 2.45) is 5.73 Å². The number of nitrogens with one attached hydrogen (secondary N) is 1. The fourth-order valence-electron chi connectivity index (χ4n) is 0.539. The first kappa shape index (κ1) is 8.41. The van der Waals surface area contributed by atoms with Gasteiger partial charge in [-0.3, -0.25) is 0 Å². The molecule has 52 valence electrons. The molecule has 0 aliphatic carbocycles. The Bertz CT molecular complexity index is 95.0. The lowest BCUT2D eigenvalue weighted by molar-refractivity contribution is 0.565. The predicted molar refractivity (Wildman–Crippen MR) is 36.7 cm³/mol. The molecule has 0 spiro atoms. The van der Waals surface area contributed by atoms with E-state index in [0.717, 1.165) is 6.54 Å². The van der Waals surface area contributed by atoms with Gasteiger partial charge in [-0.15, -0.1) is 0 Å². The predicted octanol–water partition coefficient (Wildman–Crippen LogP) is -0.163. The minimum absolute atomic E-state index is 0.276. The third kappa shape index (κ3) is 5.28. The molecule has 0 amide bonds. The van der Waals surface area contributed by atoms with E-state index < -0.39 is 0 Å². The highest BCUT2D eigenvalue weighted by Crippen LogP contribution is 1.84. The van der Waals surface area contributed by atoms with Crippen molar-refractivity contribution in [3.63, 3.8) is 0 Å². The second-order valence-corrected chi connectivity index (χ2v) is 2.01. The van der Waals surface area contributed by atoms with Crippen LogP contribution in [0.5, 0.6) is 0 Å². The molecule has 0 saturated carbocycles. The van der Waals surface area contributed by atoms with Crippen LogP contribution in [0.3, 0.4) is 0 Å². The Morgan fingerprint density at radius 2 is 2.44 bits per heavy atom. The van der Waals surface area contributed by atoms with Crippen LogP contribution in [0.1, 0.15) is 13.3 Å². The molecule has 0 aliphatic heterocycles. The van der Waals surface area contributed by atoms with Crippen LogP contribution in [-0.2, 0) is 0 Å². The second kappa shape index (κ2) is 5.54. The summed E-state index contributed by atoms with van der Waals surface area (Å²) < 4.78 is 0. The van der Waals surface area contributed by atoms with Gasteiger partial charge in [-0.25, -0.2) is 0 Å². The van der Waals surface area contributed by atoms with Gasteiger partial charge >= 0.3 is 0 Å². The van der Waals surface area contributed by atoms with Crippen LogP contribution < -0.4 is 11.1 Å². The summed E-state index contributed by atoms with van der Waals surface area (Å²) in [6.45, 7) is 3.40. The maximum Gasteiger partial charge on any atom is 0.0638 e. The maximum absolute atomic E-state index is 8.21. The summed E-state index contributed by atoms with van der Waals surface area (Å²) in [7, 11) is 0. The van der Waals surface area contributed by atoms with Gasteiger partial charge in [-0.1, -0.05) is 0 Å². The van der Waals surface area contributed by atoms with E-state index in [9.17, 15) is 0 Å². The van der Waals surface area contributed by atoms with Crippen LogP contribution in [0.2, 0.25) is 0 Å². The van der Waals surface area contributed by atoms with Gasteiger partial charge in [0.25, 0.3) is 0 Å². The van der Waals surface area contributed by atoms with Gasteiger partial charge in [0.05, 0.1) is 12.5 Å². The SMILES string of the molecule is CC(CC#N)NCCN. The average molecular weight is 127 g/mol. The van der Waals surface area contributed by atoms with Crippen molar-refractivity contribution in [2.75, 3.05) is 13.1 Å². The number of nitrogens with zero attached hydrogens (tertiary/aromatic N) is 1. The van der Waals surface area contributed by atoms with E-state index in [0.29, 0.717) is 13.0 Å². The minimum Gasteiger partial charge on any atom is -0.329 e. The smallest absolute Gasteiger partial charge is 0.0638 e. The molecular formula is C6H13N3. The zero-order chi connectivity index (χ0) is 7.11. The highest BCUT2D eigenvalue weighted by Gasteiger charge is 1.95. The molecule has 3 heteroatoms. The largest absolute Gasteiger partial charge is 0.329 e. The van der Waals surface area contributed by atoms with Crippen molar-refractivity contribution < 1.29 is 0 Å². The molecule has 9 heavy (non-hydrogen) atoms. The number of rotatable bonds is 4. The third-order valence-electron chi connectivity index (χ3n) is 1.03. The van der Waals surface area contributed by atoms with Crippen LogP contribution >= 0.6 is 0 Å². The van der Waals surface area contributed by atoms with Gasteiger partial charge in [0, 0.05) is 19.1 Å². The number of hydrogen-bond acceptors (Lipinski definition) is 3. The van der Waals surface area contributed by atoms with E-state index >= 15 is 0 Å². The summed E-state index contributed by atoms with van der Waals surface area (Å²) >= 11 is 0. The van der Waals surface area contributed by atoms with Crippen LogP contribution in [0.25, 0.3) is 0 Å². The molecule has 0 aliphatic rings. The lowest BCUT2D eigenvalue weighted by atomic mass is 10.2. The molecule has 0 aromatic rings. The monoisotopic (exact) mass is 127 g/mol. The average Bonchev–Trinajstić information content (AvgIpc) is 1.85. The molecule has 1 atom stereocenters. The van der Waals surface area contributed by atoms with Gasteiger partial charge in [-0.05, 0) is 6.92 Å². The molecule has 0 aromatic carbocycles. The molecular weight excluding hydrogens is 114 g/mol. The van der Waals surface area contributed by atoms with Crippen LogP contribution in [0.15, 0.2) is 0 Å². The minimum atomic E-state index is 0.276. The molecule has 0 fully saturated rings. The second-order valence-electron chi connectivity index (χ2n) is 2.01. The fraction of sp³-hybridized carbons (Fsp3) is 0.833. The first-order valence-corrected chi connectivity index (χ1v) is 3.11. The number of nitriles is 1. The molecule has 0 rings (SSSR count). The zero-order valence-electron chi connectivity index (χ0n) is 5.72. The van der Waals surface area contributed by atoms with Crippen molar-refractivity contribution in [3.8, 4) is 6.07 Å². The highest BCUT2D eigenvalue weighted by atomic mass is 14.9. The first-order chi connectivity index (χ1) is 4.31. The van der Waals surface area contributed by atoms with Gasteiger partial charge in [0.2, 0.25) is 0 Å². The zero-order valence-corrected chi connectivity index (χ0v) is 5.72. The first-order valence-electron chi connectivity index (χ1n) is 3.11. The molecule has 0 bridgehead atoms. The molecule has 0 saturated heterocycles. The number of nitrogens with two attached hydrogens (primary N) is 1. The van der Waals surface area contributed by atoms with Crippen molar-refractivity contribution >= 4 is 0 Å². The van der Waals surface area contributed by atoms with Gasteiger partial charge in [-0.2, -0.15) is 5.26 Å². The van der Waals surface area contributed by atoms with Gasteiger partial charge in [0.1, 0.15) is 0 Å². The highest BCUT2D eigenvalue weighted by molar-refractivity contribution is 4.77. The molecule has 0 heterocycles. The van der Waals surface area contributed by atoms with E-state index in [1.54, 1.807) is 0 Å². The Hall–Kier alpha value is -0.590. The summed E-state index contributed by atoms with van der Waals surface area (Å²) in [5.41, 5.74) is 5.23. The Labute approximate surface area is 55.8 Å². The summed E-state index contributed by atoms with van der Waals surface area (Å²) in [4.78, 5) is 0. The summed E-state index contributed by atoms with van der Waals surface area (Å²) in [5, 5.41) is 11.3. The van der Waals surface area contributed by atoms with Crippen LogP contribution in [-0.4, -0.2) is 19.1 Å². The van der Waals surface area contributed by atoms with Crippen molar-refractivity contribution in [1.29, 1.82) is 5.26 Å². The molecule has 0 aromatic heterocycles. The lowest BCUT2D eigenvalue weighted by Gasteiger charge is -2.06. The normalized spacial score (nSPS) is 12.6. The maximum atomic E-state index is 8.21. The molecule has 3 N–H and O–H groups in total. The van der Waals surface area contributed by atoms with E-state index in [4.69, 9.17) is 11.0 Å². The Morgan fingerprint density at radius 3 is 2.89 bits per heavy atom. The van der Waals surface area contributed by atoms with E-state index in [2.05, 4.69) is 11.4 Å². The van der Waals surface area contributed by atoms with Crippen LogP contribution in [0, 0.1) is 11.3 Å². The molecule has 3 nitrogen and oxygen atoms in total. The molecule has 0 radical (unpaired) electrons. The fourth-order valence-corrected chi connectivity index (χ4v) is 0.539. The summed E-state index contributed by atoms with van der Waals surface area (Å²) in [6.07, 6.45) is 0.556. The van der Waals surface area contributed by atoms with E-state index in [1.807, 2.05) is 6.92 Å². The Morgan fingerprint density at radius 1 is 1.78 bits per heavy atom. The van der Waals surface area contributed by atoms with E-state index in [1.165, 1.54) is 0 Å². The summed E-state index contributed by atoms with van der Waals surface area (Å²) in [6, 6.07) is 2.35. The number of hydrogen-bond donors (Lipinski definition) is 2. The lowest BCUT2D eigenvalue weighted by Crippen LogP contribution is -2.30. The Balaban J connectivity index is 3.08. The quantitative estimate of drug-likeness (QED) is 0.551. The van der Waals surface area contributed by atoms with Crippen molar-refractivity contribution in [3.05, 3.63) is 0 Å². The van der Waals surface area contributed by atoms with Gasteiger partial charge < -0.3 is 11.1 Å². The van der Waals surface area contributed by atoms with Crippen LogP contribution in [0.4, 0.5) is 0 Å². The summed E-state index contributed by atoms with van der Waals surface area (Å²) in [5.74, 6) is 0. The third-order valence-corrected chi connectivity index (χ3v) is 1.03.